The zero-order valence-electron chi connectivity index (χ0n) is 9.58. The molecule has 17 heavy (non-hydrogen) atoms. The standard InChI is InChI=1S/C10H14N4O2S/c1-6(2)8(9(15)14-10(11)16)17-7-5-12-3-4-13-7/h3-6,8H,1-2H3,(H3,11,14,15,16). The summed E-state index contributed by atoms with van der Waals surface area (Å²) < 4.78 is 0. The summed E-state index contributed by atoms with van der Waals surface area (Å²) in [6.45, 7) is 3.77. The Morgan fingerprint density at radius 2 is 2.12 bits per heavy atom. The van der Waals surface area contributed by atoms with E-state index >= 15 is 0 Å². The Morgan fingerprint density at radius 1 is 1.41 bits per heavy atom. The van der Waals surface area contributed by atoms with Crippen molar-refractivity contribution < 1.29 is 9.59 Å². The number of hydrogen-bond acceptors (Lipinski definition) is 5. The van der Waals surface area contributed by atoms with Crippen LogP contribution in [0, 0.1) is 5.92 Å². The molecule has 0 aliphatic carbocycles. The molecule has 0 radical (unpaired) electrons. The van der Waals surface area contributed by atoms with Crippen LogP contribution in [0.4, 0.5) is 4.79 Å². The highest BCUT2D eigenvalue weighted by molar-refractivity contribution is 8.00. The summed E-state index contributed by atoms with van der Waals surface area (Å²) in [6, 6.07) is -0.847. The van der Waals surface area contributed by atoms with E-state index in [-0.39, 0.29) is 5.92 Å². The molecule has 6 nitrogen and oxygen atoms in total. The Balaban J connectivity index is 2.73. The molecule has 1 unspecified atom stereocenters. The van der Waals surface area contributed by atoms with Crippen LogP contribution in [0.3, 0.4) is 0 Å². The fourth-order valence-corrected chi connectivity index (χ4v) is 2.10. The third kappa shape index (κ3) is 4.39. The maximum atomic E-state index is 11.7. The summed E-state index contributed by atoms with van der Waals surface area (Å²) in [4.78, 5) is 30.3. The molecule has 0 fully saturated rings. The number of rotatable bonds is 4. The third-order valence-corrected chi connectivity index (χ3v) is 3.36. The van der Waals surface area contributed by atoms with Crippen molar-refractivity contribution >= 4 is 23.7 Å². The van der Waals surface area contributed by atoms with Gasteiger partial charge < -0.3 is 5.73 Å². The number of thioether (sulfide) groups is 1. The summed E-state index contributed by atoms with van der Waals surface area (Å²) in [6.07, 6.45) is 4.67. The van der Waals surface area contributed by atoms with Crippen LogP contribution in [-0.4, -0.2) is 27.2 Å². The Kier molecular flexibility index (Phi) is 4.89. The molecular formula is C10H14N4O2S. The molecule has 0 aliphatic heterocycles. The first-order valence-electron chi connectivity index (χ1n) is 5.03. The number of urea groups is 1. The van der Waals surface area contributed by atoms with Crippen LogP contribution in [0.25, 0.3) is 0 Å². The summed E-state index contributed by atoms with van der Waals surface area (Å²) in [5, 5.41) is 2.27. The van der Waals surface area contributed by atoms with Crippen LogP contribution in [0.2, 0.25) is 0 Å². The molecule has 3 amide bonds. The van der Waals surface area contributed by atoms with Gasteiger partial charge in [-0.05, 0) is 5.92 Å². The largest absolute Gasteiger partial charge is 0.351 e. The molecular weight excluding hydrogens is 240 g/mol. The van der Waals surface area contributed by atoms with Crippen molar-refractivity contribution in [3.63, 3.8) is 0 Å². The number of nitrogens with zero attached hydrogens (tertiary/aromatic N) is 2. The topological polar surface area (TPSA) is 98.0 Å². The van der Waals surface area contributed by atoms with E-state index in [1.54, 1.807) is 18.6 Å². The Hall–Kier alpha value is -1.63. The molecule has 1 aromatic heterocycles. The van der Waals surface area contributed by atoms with E-state index in [0.717, 1.165) is 0 Å². The number of carbonyl (C=O) groups is 2. The van der Waals surface area contributed by atoms with Crippen molar-refractivity contribution in [1.82, 2.24) is 15.3 Å². The second-order valence-electron chi connectivity index (χ2n) is 3.68. The van der Waals surface area contributed by atoms with Gasteiger partial charge in [-0.3, -0.25) is 15.1 Å². The highest BCUT2D eigenvalue weighted by Gasteiger charge is 2.24. The van der Waals surface area contributed by atoms with Gasteiger partial charge in [-0.25, -0.2) is 9.78 Å². The van der Waals surface area contributed by atoms with Crippen LogP contribution >= 0.6 is 11.8 Å². The van der Waals surface area contributed by atoms with Gasteiger partial charge in [0.05, 0.1) is 11.4 Å². The lowest BCUT2D eigenvalue weighted by Crippen LogP contribution is -2.42. The number of carbonyl (C=O) groups excluding carboxylic acids is 2. The van der Waals surface area contributed by atoms with Crippen LogP contribution in [0.5, 0.6) is 0 Å². The minimum Gasteiger partial charge on any atom is -0.351 e. The van der Waals surface area contributed by atoms with Gasteiger partial charge in [-0.1, -0.05) is 25.6 Å². The van der Waals surface area contributed by atoms with Gasteiger partial charge in [0, 0.05) is 12.4 Å². The van der Waals surface area contributed by atoms with Crippen LogP contribution < -0.4 is 11.1 Å². The van der Waals surface area contributed by atoms with E-state index in [9.17, 15) is 9.59 Å². The number of hydrogen-bond donors (Lipinski definition) is 2. The number of nitrogens with one attached hydrogen (secondary N) is 1. The molecule has 0 spiro atoms. The lowest BCUT2D eigenvalue weighted by atomic mass is 10.1. The van der Waals surface area contributed by atoms with E-state index in [1.807, 2.05) is 13.8 Å². The Labute approximate surface area is 103 Å². The number of primary amides is 1. The van der Waals surface area contributed by atoms with E-state index in [1.165, 1.54) is 11.8 Å². The maximum absolute atomic E-state index is 11.7. The lowest BCUT2D eigenvalue weighted by Gasteiger charge is -2.17. The Bertz CT molecular complexity index is 397. The molecule has 0 saturated carbocycles. The van der Waals surface area contributed by atoms with E-state index < -0.39 is 17.2 Å². The molecule has 1 aromatic rings. The number of amides is 3. The van der Waals surface area contributed by atoms with E-state index in [0.29, 0.717) is 5.03 Å². The van der Waals surface area contributed by atoms with Crippen molar-refractivity contribution in [3.8, 4) is 0 Å². The highest BCUT2D eigenvalue weighted by Crippen LogP contribution is 2.25. The van der Waals surface area contributed by atoms with Crippen molar-refractivity contribution in [3.05, 3.63) is 18.6 Å². The van der Waals surface area contributed by atoms with Crippen molar-refractivity contribution in [2.45, 2.75) is 24.1 Å². The number of imide groups is 1. The summed E-state index contributed by atoms with van der Waals surface area (Å²) in [5.74, 6) is -0.371. The highest BCUT2D eigenvalue weighted by atomic mass is 32.2. The van der Waals surface area contributed by atoms with Gasteiger partial charge in [0.2, 0.25) is 5.91 Å². The molecule has 3 N–H and O–H groups in total. The zero-order valence-corrected chi connectivity index (χ0v) is 10.4. The van der Waals surface area contributed by atoms with Crippen molar-refractivity contribution in [1.29, 1.82) is 0 Å². The number of nitrogens with two attached hydrogens (primary N) is 1. The molecule has 7 heteroatoms. The summed E-state index contributed by atoms with van der Waals surface area (Å²) in [7, 11) is 0. The predicted molar refractivity (Wildman–Crippen MR) is 64.2 cm³/mol. The first-order valence-corrected chi connectivity index (χ1v) is 5.91. The normalized spacial score (nSPS) is 12.2. The predicted octanol–water partition coefficient (Wildman–Crippen LogP) is 0.788. The van der Waals surface area contributed by atoms with Crippen molar-refractivity contribution in [2.75, 3.05) is 0 Å². The van der Waals surface area contributed by atoms with Crippen LogP contribution in [0.1, 0.15) is 13.8 Å². The Morgan fingerprint density at radius 3 is 2.59 bits per heavy atom. The van der Waals surface area contributed by atoms with E-state index in [4.69, 9.17) is 5.73 Å². The summed E-state index contributed by atoms with van der Waals surface area (Å²) >= 11 is 1.25. The van der Waals surface area contributed by atoms with Gasteiger partial charge in [0.1, 0.15) is 5.03 Å². The van der Waals surface area contributed by atoms with Crippen LogP contribution in [-0.2, 0) is 4.79 Å². The third-order valence-electron chi connectivity index (χ3n) is 1.90. The second kappa shape index (κ2) is 6.19. The molecule has 0 saturated heterocycles. The molecule has 0 aliphatic rings. The lowest BCUT2D eigenvalue weighted by molar-refractivity contribution is -0.120. The first kappa shape index (κ1) is 13.4. The quantitative estimate of drug-likeness (QED) is 0.774. The molecule has 1 atom stereocenters. The maximum Gasteiger partial charge on any atom is 0.318 e. The SMILES string of the molecule is CC(C)C(Sc1cnccn1)C(=O)NC(N)=O. The second-order valence-corrected chi connectivity index (χ2v) is 4.84. The summed E-state index contributed by atoms with van der Waals surface area (Å²) in [5.41, 5.74) is 4.92. The van der Waals surface area contributed by atoms with Gasteiger partial charge in [-0.15, -0.1) is 0 Å². The monoisotopic (exact) mass is 254 g/mol. The fourth-order valence-electron chi connectivity index (χ4n) is 1.16. The molecule has 1 rings (SSSR count). The van der Waals surface area contributed by atoms with Crippen LogP contribution in [0.15, 0.2) is 23.6 Å². The van der Waals surface area contributed by atoms with Gasteiger partial charge in [-0.2, -0.15) is 0 Å². The van der Waals surface area contributed by atoms with Crippen molar-refractivity contribution in [2.24, 2.45) is 11.7 Å². The molecule has 92 valence electrons. The smallest absolute Gasteiger partial charge is 0.318 e. The fraction of sp³-hybridized carbons (Fsp3) is 0.400. The minimum absolute atomic E-state index is 0.0429. The number of aromatic nitrogens is 2. The molecule has 0 bridgehead atoms. The average Bonchev–Trinajstić information content (AvgIpc) is 2.25. The zero-order chi connectivity index (χ0) is 12.8. The average molecular weight is 254 g/mol. The van der Waals surface area contributed by atoms with Gasteiger partial charge in [0.25, 0.3) is 0 Å². The first-order chi connectivity index (χ1) is 8.00. The molecule has 0 aromatic carbocycles. The van der Waals surface area contributed by atoms with Gasteiger partial charge in [0.15, 0.2) is 0 Å². The van der Waals surface area contributed by atoms with Gasteiger partial charge >= 0.3 is 6.03 Å². The minimum atomic E-state index is -0.847. The molecule has 1 heterocycles. The van der Waals surface area contributed by atoms with E-state index in [2.05, 4.69) is 15.3 Å².